The van der Waals surface area contributed by atoms with Gasteiger partial charge in [-0.25, -0.2) is 4.39 Å². The Morgan fingerprint density at radius 3 is 2.68 bits per heavy atom. The fourth-order valence-corrected chi connectivity index (χ4v) is 2.03. The van der Waals surface area contributed by atoms with Crippen LogP contribution in [0, 0.1) is 11.7 Å². The summed E-state index contributed by atoms with van der Waals surface area (Å²) in [5, 5.41) is 2.80. The minimum atomic E-state index is -0.488. The molecule has 1 aliphatic rings. The largest absolute Gasteiger partial charge is 0.354 e. The van der Waals surface area contributed by atoms with Gasteiger partial charge in [0.05, 0.1) is 5.92 Å². The Kier molecular flexibility index (Phi) is 5.76. The summed E-state index contributed by atoms with van der Waals surface area (Å²) in [7, 11) is 0. The summed E-state index contributed by atoms with van der Waals surface area (Å²) in [6.07, 6.45) is 2.31. The van der Waals surface area contributed by atoms with Crippen LogP contribution in [0.15, 0.2) is 24.3 Å². The van der Waals surface area contributed by atoms with Crippen molar-refractivity contribution in [2.75, 3.05) is 6.54 Å². The Morgan fingerprint density at radius 2 is 2.11 bits per heavy atom. The second-order valence-electron chi connectivity index (χ2n) is 4.99. The standard InChI is InChI=1S/C14H19FN2O.ClH/c1-9(11-4-2-3-5-12(11)15)14(18)17-8-13(16)10-6-7-10;/h2-5,9-10,13H,6-8,16H2,1H3,(H,17,18);1H. The highest BCUT2D eigenvalue weighted by atomic mass is 35.5. The maximum Gasteiger partial charge on any atom is 0.227 e. The Bertz CT molecular complexity index is 437. The minimum absolute atomic E-state index is 0. The SMILES string of the molecule is CC(C(=O)NCC(N)C1CC1)c1ccccc1F.Cl. The van der Waals surface area contributed by atoms with Crippen LogP contribution in [0.5, 0.6) is 0 Å². The summed E-state index contributed by atoms with van der Waals surface area (Å²) in [4.78, 5) is 11.9. The third-order valence-electron chi connectivity index (χ3n) is 3.50. The van der Waals surface area contributed by atoms with Crippen molar-refractivity contribution in [2.45, 2.75) is 31.7 Å². The number of nitrogens with two attached hydrogens (primary N) is 1. The normalized spacial score (nSPS) is 17.2. The number of hydrogen-bond donors (Lipinski definition) is 2. The summed E-state index contributed by atoms with van der Waals surface area (Å²) in [5.74, 6) is -0.450. The Morgan fingerprint density at radius 1 is 1.47 bits per heavy atom. The molecule has 3 N–H and O–H groups in total. The summed E-state index contributed by atoms with van der Waals surface area (Å²) >= 11 is 0. The van der Waals surface area contributed by atoms with Gasteiger partial charge in [-0.1, -0.05) is 18.2 Å². The van der Waals surface area contributed by atoms with Crippen LogP contribution < -0.4 is 11.1 Å². The summed E-state index contributed by atoms with van der Waals surface area (Å²) in [6.45, 7) is 2.18. The van der Waals surface area contributed by atoms with E-state index in [9.17, 15) is 9.18 Å². The van der Waals surface area contributed by atoms with Crippen LogP contribution in [0.2, 0.25) is 0 Å². The molecule has 1 amide bonds. The summed E-state index contributed by atoms with van der Waals surface area (Å²) in [6, 6.07) is 6.39. The average Bonchev–Trinajstić information content (AvgIpc) is 3.19. The van der Waals surface area contributed by atoms with Crippen molar-refractivity contribution in [1.29, 1.82) is 0 Å². The molecule has 1 aromatic carbocycles. The first-order valence-corrected chi connectivity index (χ1v) is 6.37. The van der Waals surface area contributed by atoms with Gasteiger partial charge in [0.15, 0.2) is 0 Å². The second-order valence-corrected chi connectivity index (χ2v) is 4.99. The van der Waals surface area contributed by atoms with E-state index in [-0.39, 0.29) is 30.2 Å². The van der Waals surface area contributed by atoms with E-state index in [1.54, 1.807) is 25.1 Å². The molecular weight excluding hydrogens is 267 g/mol. The van der Waals surface area contributed by atoms with E-state index >= 15 is 0 Å². The lowest BCUT2D eigenvalue weighted by Gasteiger charge is -2.16. The minimum Gasteiger partial charge on any atom is -0.354 e. The monoisotopic (exact) mass is 286 g/mol. The third-order valence-corrected chi connectivity index (χ3v) is 3.50. The lowest BCUT2D eigenvalue weighted by Crippen LogP contribution is -2.40. The van der Waals surface area contributed by atoms with Crippen molar-refractivity contribution in [1.82, 2.24) is 5.32 Å². The lowest BCUT2D eigenvalue weighted by molar-refractivity contribution is -0.122. The number of halogens is 2. The molecular formula is C14H20ClFN2O. The first kappa shape index (κ1) is 15.9. The van der Waals surface area contributed by atoms with Gasteiger partial charge in [-0.05, 0) is 37.3 Å². The Labute approximate surface area is 119 Å². The van der Waals surface area contributed by atoms with Gasteiger partial charge in [-0.3, -0.25) is 4.79 Å². The molecule has 2 unspecified atom stereocenters. The van der Waals surface area contributed by atoms with Crippen LogP contribution in [0.4, 0.5) is 4.39 Å². The molecule has 1 saturated carbocycles. The molecule has 2 atom stereocenters. The van der Waals surface area contributed by atoms with E-state index in [0.29, 0.717) is 18.0 Å². The van der Waals surface area contributed by atoms with Crippen LogP contribution in [0.1, 0.15) is 31.2 Å². The number of carbonyl (C=O) groups is 1. The van der Waals surface area contributed by atoms with Crippen molar-refractivity contribution >= 4 is 18.3 Å². The van der Waals surface area contributed by atoms with Gasteiger partial charge in [0.2, 0.25) is 5.91 Å². The third kappa shape index (κ3) is 4.18. The smallest absolute Gasteiger partial charge is 0.227 e. The van der Waals surface area contributed by atoms with Crippen LogP contribution >= 0.6 is 12.4 Å². The van der Waals surface area contributed by atoms with Gasteiger partial charge in [-0.15, -0.1) is 12.4 Å². The van der Waals surface area contributed by atoms with E-state index in [1.807, 2.05) is 0 Å². The van der Waals surface area contributed by atoms with Gasteiger partial charge in [0.1, 0.15) is 5.82 Å². The molecule has 106 valence electrons. The number of rotatable bonds is 5. The molecule has 0 spiro atoms. The fraction of sp³-hybridized carbons (Fsp3) is 0.500. The Balaban J connectivity index is 0.00000180. The van der Waals surface area contributed by atoms with Crippen molar-refractivity contribution in [3.05, 3.63) is 35.6 Å². The number of carbonyl (C=O) groups excluding carboxylic acids is 1. The Hall–Kier alpha value is -1.13. The van der Waals surface area contributed by atoms with Gasteiger partial charge in [0, 0.05) is 12.6 Å². The van der Waals surface area contributed by atoms with E-state index in [1.165, 1.54) is 6.07 Å². The number of benzene rings is 1. The molecule has 1 aromatic rings. The predicted octanol–water partition coefficient (Wildman–Crippen LogP) is 2.20. The highest BCUT2D eigenvalue weighted by Gasteiger charge is 2.29. The van der Waals surface area contributed by atoms with Gasteiger partial charge >= 0.3 is 0 Å². The zero-order chi connectivity index (χ0) is 13.1. The van der Waals surface area contributed by atoms with E-state index in [4.69, 9.17) is 5.73 Å². The molecule has 19 heavy (non-hydrogen) atoms. The molecule has 0 aromatic heterocycles. The quantitative estimate of drug-likeness (QED) is 0.872. The predicted molar refractivity (Wildman–Crippen MR) is 75.8 cm³/mol. The van der Waals surface area contributed by atoms with E-state index in [2.05, 4.69) is 5.32 Å². The van der Waals surface area contributed by atoms with E-state index < -0.39 is 5.92 Å². The number of nitrogens with one attached hydrogen (secondary N) is 1. The highest BCUT2D eigenvalue weighted by Crippen LogP contribution is 2.31. The van der Waals surface area contributed by atoms with Gasteiger partial charge < -0.3 is 11.1 Å². The molecule has 0 bridgehead atoms. The highest BCUT2D eigenvalue weighted by molar-refractivity contribution is 5.85. The number of amides is 1. The van der Waals surface area contributed by atoms with Crippen molar-refractivity contribution in [3.8, 4) is 0 Å². The van der Waals surface area contributed by atoms with Gasteiger partial charge in [-0.2, -0.15) is 0 Å². The summed E-state index contributed by atoms with van der Waals surface area (Å²) in [5.41, 5.74) is 6.33. The van der Waals surface area contributed by atoms with Gasteiger partial charge in [0.25, 0.3) is 0 Å². The van der Waals surface area contributed by atoms with Crippen molar-refractivity contribution in [2.24, 2.45) is 11.7 Å². The van der Waals surface area contributed by atoms with Crippen LogP contribution in [0.3, 0.4) is 0 Å². The van der Waals surface area contributed by atoms with E-state index in [0.717, 1.165) is 12.8 Å². The van der Waals surface area contributed by atoms with Crippen molar-refractivity contribution in [3.63, 3.8) is 0 Å². The first-order valence-electron chi connectivity index (χ1n) is 6.37. The molecule has 0 aliphatic heterocycles. The number of hydrogen-bond acceptors (Lipinski definition) is 2. The molecule has 3 nitrogen and oxygen atoms in total. The maximum absolute atomic E-state index is 13.5. The molecule has 0 saturated heterocycles. The van der Waals surface area contributed by atoms with Crippen LogP contribution in [-0.4, -0.2) is 18.5 Å². The molecule has 5 heteroatoms. The fourth-order valence-electron chi connectivity index (χ4n) is 2.03. The lowest BCUT2D eigenvalue weighted by atomic mass is 9.99. The molecule has 0 heterocycles. The zero-order valence-electron chi connectivity index (χ0n) is 10.9. The zero-order valence-corrected chi connectivity index (χ0v) is 11.8. The van der Waals surface area contributed by atoms with Crippen LogP contribution in [0.25, 0.3) is 0 Å². The first-order chi connectivity index (χ1) is 8.59. The maximum atomic E-state index is 13.5. The second kappa shape index (κ2) is 6.87. The molecule has 1 fully saturated rings. The molecule has 2 rings (SSSR count). The molecule has 1 aliphatic carbocycles. The van der Waals surface area contributed by atoms with Crippen LogP contribution in [-0.2, 0) is 4.79 Å². The summed E-state index contributed by atoms with van der Waals surface area (Å²) < 4.78 is 13.5. The van der Waals surface area contributed by atoms with Crippen molar-refractivity contribution < 1.29 is 9.18 Å². The topological polar surface area (TPSA) is 55.1 Å². The molecule has 0 radical (unpaired) electrons. The average molecular weight is 287 g/mol.